The number of likely N-dealkylation sites (tertiary alicyclic amines) is 1. The van der Waals surface area contributed by atoms with E-state index in [-0.39, 0.29) is 13.0 Å². The molecule has 2 unspecified atom stereocenters. The Morgan fingerprint density at radius 1 is 1.39 bits per heavy atom. The second-order valence-corrected chi connectivity index (χ2v) is 5.64. The number of aliphatic carboxylic acids is 1. The number of hydrogen-bond acceptors (Lipinski definition) is 4. The largest absolute Gasteiger partial charge is 0.481 e. The smallest absolute Gasteiger partial charge is 0.410 e. The number of carbonyl (C=O) groups is 2. The van der Waals surface area contributed by atoms with Crippen molar-refractivity contribution in [2.75, 3.05) is 13.1 Å². The zero-order chi connectivity index (χ0) is 13.9. The average molecular weight is 259 g/mol. The van der Waals surface area contributed by atoms with Gasteiger partial charge in [-0.1, -0.05) is 0 Å². The molecule has 104 valence electrons. The maximum atomic E-state index is 11.8. The van der Waals surface area contributed by atoms with Gasteiger partial charge in [0, 0.05) is 19.0 Å². The number of aliphatic hydroxyl groups excluding tert-OH is 1. The monoisotopic (exact) mass is 259 g/mol. The van der Waals surface area contributed by atoms with Crippen molar-refractivity contribution in [1.82, 2.24) is 4.90 Å². The van der Waals surface area contributed by atoms with Crippen LogP contribution in [0, 0.1) is 5.92 Å². The van der Waals surface area contributed by atoms with E-state index in [1.165, 1.54) is 4.90 Å². The van der Waals surface area contributed by atoms with Gasteiger partial charge in [-0.2, -0.15) is 0 Å². The topological polar surface area (TPSA) is 87.1 Å². The molecule has 0 aliphatic carbocycles. The Morgan fingerprint density at radius 2 is 2.00 bits per heavy atom. The SMILES string of the molecule is CC(C)(C)OC(=O)N1CCC(O)C(CC(=O)O)C1. The number of carbonyl (C=O) groups excluding carboxylic acids is 1. The molecule has 1 fully saturated rings. The molecule has 2 atom stereocenters. The third kappa shape index (κ3) is 4.52. The fraction of sp³-hybridized carbons (Fsp3) is 0.833. The predicted molar refractivity (Wildman–Crippen MR) is 64.2 cm³/mol. The van der Waals surface area contributed by atoms with Crippen LogP contribution in [0.1, 0.15) is 33.6 Å². The highest BCUT2D eigenvalue weighted by Gasteiger charge is 2.33. The van der Waals surface area contributed by atoms with Crippen LogP contribution in [-0.2, 0) is 9.53 Å². The van der Waals surface area contributed by atoms with Crippen LogP contribution >= 0.6 is 0 Å². The highest BCUT2D eigenvalue weighted by molar-refractivity contribution is 5.69. The minimum atomic E-state index is -0.968. The molecule has 0 radical (unpaired) electrons. The molecular formula is C12H21NO5. The number of carboxylic acid groups (broad SMARTS) is 1. The van der Waals surface area contributed by atoms with E-state index in [0.717, 1.165) is 0 Å². The lowest BCUT2D eigenvalue weighted by molar-refractivity contribution is -0.140. The molecule has 0 aromatic rings. The van der Waals surface area contributed by atoms with Crippen molar-refractivity contribution < 1.29 is 24.5 Å². The van der Waals surface area contributed by atoms with Gasteiger partial charge in [0.05, 0.1) is 12.5 Å². The van der Waals surface area contributed by atoms with Crippen LogP contribution in [0.5, 0.6) is 0 Å². The van der Waals surface area contributed by atoms with Gasteiger partial charge in [0.25, 0.3) is 0 Å². The van der Waals surface area contributed by atoms with Gasteiger partial charge in [-0.3, -0.25) is 4.79 Å². The molecule has 1 aliphatic rings. The van der Waals surface area contributed by atoms with Gasteiger partial charge < -0.3 is 19.8 Å². The molecule has 2 N–H and O–H groups in total. The lowest BCUT2D eigenvalue weighted by atomic mass is 9.92. The van der Waals surface area contributed by atoms with Crippen molar-refractivity contribution in [1.29, 1.82) is 0 Å². The summed E-state index contributed by atoms with van der Waals surface area (Å²) in [4.78, 5) is 24.0. The molecular weight excluding hydrogens is 238 g/mol. The van der Waals surface area contributed by atoms with Crippen LogP contribution in [0.25, 0.3) is 0 Å². The first-order chi connectivity index (χ1) is 8.19. The van der Waals surface area contributed by atoms with E-state index in [1.54, 1.807) is 20.8 Å². The molecule has 1 rings (SSSR count). The van der Waals surface area contributed by atoms with Crippen molar-refractivity contribution >= 4 is 12.1 Å². The number of rotatable bonds is 2. The first-order valence-corrected chi connectivity index (χ1v) is 6.07. The second-order valence-electron chi connectivity index (χ2n) is 5.64. The van der Waals surface area contributed by atoms with E-state index in [9.17, 15) is 14.7 Å². The first kappa shape index (κ1) is 14.8. The lowest BCUT2D eigenvalue weighted by Gasteiger charge is -2.36. The molecule has 0 bridgehead atoms. The Morgan fingerprint density at radius 3 is 2.50 bits per heavy atom. The van der Waals surface area contributed by atoms with E-state index in [0.29, 0.717) is 13.0 Å². The number of ether oxygens (including phenoxy) is 1. The third-order valence-electron chi connectivity index (χ3n) is 2.78. The van der Waals surface area contributed by atoms with Gasteiger partial charge in [-0.15, -0.1) is 0 Å². The van der Waals surface area contributed by atoms with Gasteiger partial charge in [0.2, 0.25) is 0 Å². The van der Waals surface area contributed by atoms with E-state index in [1.807, 2.05) is 0 Å². The molecule has 1 amide bonds. The summed E-state index contributed by atoms with van der Waals surface area (Å²) in [7, 11) is 0. The molecule has 1 aliphatic heterocycles. The third-order valence-corrected chi connectivity index (χ3v) is 2.78. The standard InChI is InChI=1S/C12H21NO5/c1-12(2,3)18-11(17)13-5-4-9(14)8(7-13)6-10(15)16/h8-9,14H,4-7H2,1-3H3,(H,15,16). The highest BCUT2D eigenvalue weighted by atomic mass is 16.6. The predicted octanol–water partition coefficient (Wildman–Crippen LogP) is 1.08. The van der Waals surface area contributed by atoms with E-state index in [4.69, 9.17) is 9.84 Å². The highest BCUT2D eigenvalue weighted by Crippen LogP contribution is 2.22. The fourth-order valence-electron chi connectivity index (χ4n) is 1.94. The number of aliphatic hydroxyl groups is 1. The number of hydrogen-bond donors (Lipinski definition) is 2. The molecule has 0 aromatic heterocycles. The molecule has 0 aromatic carbocycles. The first-order valence-electron chi connectivity index (χ1n) is 6.07. The van der Waals surface area contributed by atoms with E-state index < -0.39 is 29.7 Å². The molecule has 0 spiro atoms. The summed E-state index contributed by atoms with van der Waals surface area (Å²) in [6, 6.07) is 0. The second kappa shape index (κ2) is 5.56. The van der Waals surface area contributed by atoms with Gasteiger partial charge in [0.1, 0.15) is 5.60 Å². The Kier molecular flexibility index (Phi) is 4.56. The van der Waals surface area contributed by atoms with Gasteiger partial charge in [-0.25, -0.2) is 4.79 Å². The molecule has 6 nitrogen and oxygen atoms in total. The number of nitrogens with zero attached hydrogens (tertiary/aromatic N) is 1. The van der Waals surface area contributed by atoms with Crippen LogP contribution in [0.4, 0.5) is 4.79 Å². The van der Waals surface area contributed by atoms with Crippen LogP contribution in [0.2, 0.25) is 0 Å². The zero-order valence-corrected chi connectivity index (χ0v) is 11.0. The molecule has 0 saturated carbocycles. The molecule has 18 heavy (non-hydrogen) atoms. The summed E-state index contributed by atoms with van der Waals surface area (Å²) in [5, 5.41) is 18.5. The summed E-state index contributed by atoms with van der Waals surface area (Å²) in [6.07, 6.45) is -0.873. The Bertz CT molecular complexity index is 323. The summed E-state index contributed by atoms with van der Waals surface area (Å²) < 4.78 is 5.22. The van der Waals surface area contributed by atoms with Crippen molar-refractivity contribution in [3.05, 3.63) is 0 Å². The van der Waals surface area contributed by atoms with Crippen molar-refractivity contribution in [3.8, 4) is 0 Å². The van der Waals surface area contributed by atoms with Crippen molar-refractivity contribution in [2.24, 2.45) is 5.92 Å². The quantitative estimate of drug-likeness (QED) is 0.774. The van der Waals surface area contributed by atoms with Crippen molar-refractivity contribution in [3.63, 3.8) is 0 Å². The maximum absolute atomic E-state index is 11.8. The van der Waals surface area contributed by atoms with Crippen LogP contribution in [0.3, 0.4) is 0 Å². The maximum Gasteiger partial charge on any atom is 0.410 e. The average Bonchev–Trinajstić information content (AvgIpc) is 2.17. The fourth-order valence-corrected chi connectivity index (χ4v) is 1.94. The summed E-state index contributed by atoms with van der Waals surface area (Å²) in [5.41, 5.74) is -0.574. The Labute approximate surface area is 107 Å². The normalized spacial score (nSPS) is 24.8. The minimum Gasteiger partial charge on any atom is -0.481 e. The van der Waals surface area contributed by atoms with E-state index >= 15 is 0 Å². The molecule has 6 heteroatoms. The minimum absolute atomic E-state index is 0.138. The Hall–Kier alpha value is -1.30. The zero-order valence-electron chi connectivity index (χ0n) is 11.0. The number of piperidine rings is 1. The van der Waals surface area contributed by atoms with Gasteiger partial charge >= 0.3 is 12.1 Å². The molecule has 1 heterocycles. The Balaban J connectivity index is 2.58. The van der Waals surface area contributed by atoms with Crippen LogP contribution < -0.4 is 0 Å². The van der Waals surface area contributed by atoms with Crippen LogP contribution in [-0.4, -0.2) is 52.0 Å². The van der Waals surface area contributed by atoms with Crippen LogP contribution in [0.15, 0.2) is 0 Å². The summed E-state index contributed by atoms with van der Waals surface area (Å²) in [6.45, 7) is 5.95. The summed E-state index contributed by atoms with van der Waals surface area (Å²) in [5.74, 6) is -1.39. The van der Waals surface area contributed by atoms with Crippen molar-refractivity contribution in [2.45, 2.75) is 45.3 Å². The number of carboxylic acids is 1. The van der Waals surface area contributed by atoms with Gasteiger partial charge in [-0.05, 0) is 27.2 Å². The molecule has 1 saturated heterocycles. The van der Waals surface area contributed by atoms with E-state index in [2.05, 4.69) is 0 Å². The number of amides is 1. The van der Waals surface area contributed by atoms with Gasteiger partial charge in [0.15, 0.2) is 0 Å². The lowest BCUT2D eigenvalue weighted by Crippen LogP contribution is -2.48. The summed E-state index contributed by atoms with van der Waals surface area (Å²) >= 11 is 0.